The van der Waals surface area contributed by atoms with E-state index in [9.17, 15) is 4.79 Å². The second-order valence-corrected chi connectivity index (χ2v) is 6.74. The third-order valence-electron chi connectivity index (χ3n) is 4.69. The zero-order valence-electron chi connectivity index (χ0n) is 14.3. The van der Waals surface area contributed by atoms with Crippen molar-refractivity contribution in [2.75, 3.05) is 11.9 Å². The van der Waals surface area contributed by atoms with E-state index in [-0.39, 0.29) is 6.03 Å². The summed E-state index contributed by atoms with van der Waals surface area (Å²) < 4.78 is 3.97. The molecule has 0 fully saturated rings. The molecule has 1 aliphatic rings. The summed E-state index contributed by atoms with van der Waals surface area (Å²) in [6.45, 7) is 4.02. The molecule has 25 heavy (non-hydrogen) atoms. The molecule has 1 aromatic carbocycles. The van der Waals surface area contributed by atoms with Crippen molar-refractivity contribution in [3.05, 3.63) is 46.9 Å². The quantitative estimate of drug-likeness (QED) is 0.761. The number of aryl methyl sites for hydroxylation is 2. The summed E-state index contributed by atoms with van der Waals surface area (Å²) >= 11 is 6.30. The second kappa shape index (κ2) is 6.11. The number of benzene rings is 1. The highest BCUT2D eigenvalue weighted by Crippen LogP contribution is 2.29. The molecule has 0 saturated heterocycles. The van der Waals surface area contributed by atoms with Crippen molar-refractivity contribution in [1.29, 1.82) is 0 Å². The van der Waals surface area contributed by atoms with E-state index in [1.165, 1.54) is 0 Å². The third-order valence-corrected chi connectivity index (χ3v) is 5.02. The van der Waals surface area contributed by atoms with Crippen molar-refractivity contribution in [3.63, 3.8) is 0 Å². The van der Waals surface area contributed by atoms with Crippen LogP contribution in [0.5, 0.6) is 0 Å². The van der Waals surface area contributed by atoms with Crippen LogP contribution < -0.4 is 5.32 Å². The van der Waals surface area contributed by atoms with Gasteiger partial charge in [-0.3, -0.25) is 4.68 Å². The Morgan fingerprint density at radius 3 is 3.00 bits per heavy atom. The number of rotatable bonds is 2. The van der Waals surface area contributed by atoms with Gasteiger partial charge in [0.1, 0.15) is 0 Å². The van der Waals surface area contributed by atoms with Gasteiger partial charge in [0.05, 0.1) is 17.9 Å². The molecule has 0 aliphatic carbocycles. The minimum atomic E-state index is -0.0923. The number of fused-ring (bicyclic) bond motifs is 3. The number of amides is 2. The SMILES string of the molecule is CCc1nn(C)cc1NC(=O)N1CCn2c(cc3c(Cl)cccc32)C1. The van der Waals surface area contributed by atoms with Crippen molar-refractivity contribution in [2.24, 2.45) is 7.05 Å². The maximum atomic E-state index is 12.7. The van der Waals surface area contributed by atoms with Gasteiger partial charge < -0.3 is 14.8 Å². The average Bonchev–Trinajstić information content (AvgIpc) is 3.15. The fourth-order valence-corrected chi connectivity index (χ4v) is 3.69. The number of halogens is 1. The molecule has 2 amide bonds. The van der Waals surface area contributed by atoms with Gasteiger partial charge in [0.25, 0.3) is 0 Å². The summed E-state index contributed by atoms with van der Waals surface area (Å²) in [6.07, 6.45) is 2.63. The highest BCUT2D eigenvalue weighted by atomic mass is 35.5. The van der Waals surface area contributed by atoms with Crippen LogP contribution in [0.2, 0.25) is 5.02 Å². The molecule has 4 rings (SSSR count). The molecule has 0 unspecified atom stereocenters. The van der Waals surface area contributed by atoms with Gasteiger partial charge in [-0.2, -0.15) is 5.10 Å². The highest BCUT2D eigenvalue weighted by molar-refractivity contribution is 6.35. The van der Waals surface area contributed by atoms with Crippen molar-refractivity contribution in [1.82, 2.24) is 19.2 Å². The Balaban J connectivity index is 1.56. The maximum absolute atomic E-state index is 12.7. The summed E-state index contributed by atoms with van der Waals surface area (Å²) in [7, 11) is 1.86. The first-order valence-electron chi connectivity index (χ1n) is 8.42. The lowest BCUT2D eigenvalue weighted by Crippen LogP contribution is -2.40. The van der Waals surface area contributed by atoms with Gasteiger partial charge in [-0.15, -0.1) is 0 Å². The zero-order valence-corrected chi connectivity index (χ0v) is 15.0. The van der Waals surface area contributed by atoms with Crippen LogP contribution in [0.1, 0.15) is 18.3 Å². The molecule has 7 heteroatoms. The van der Waals surface area contributed by atoms with Crippen LogP contribution in [0.15, 0.2) is 30.5 Å². The first kappa shape index (κ1) is 16.0. The summed E-state index contributed by atoms with van der Waals surface area (Å²) in [5, 5.41) is 9.15. The molecule has 2 aromatic heterocycles. The van der Waals surface area contributed by atoms with E-state index < -0.39 is 0 Å². The molecule has 0 saturated carbocycles. The Morgan fingerprint density at radius 2 is 2.20 bits per heavy atom. The predicted molar refractivity (Wildman–Crippen MR) is 99.0 cm³/mol. The number of aromatic nitrogens is 3. The Bertz CT molecular complexity index is 958. The minimum Gasteiger partial charge on any atom is -0.341 e. The van der Waals surface area contributed by atoms with Crippen molar-refractivity contribution < 1.29 is 4.79 Å². The van der Waals surface area contributed by atoms with Crippen LogP contribution >= 0.6 is 11.6 Å². The van der Waals surface area contributed by atoms with Crippen molar-refractivity contribution in [3.8, 4) is 0 Å². The number of nitrogens with zero attached hydrogens (tertiary/aromatic N) is 4. The van der Waals surface area contributed by atoms with E-state index in [2.05, 4.69) is 27.1 Å². The van der Waals surface area contributed by atoms with Gasteiger partial charge in [0.2, 0.25) is 0 Å². The van der Waals surface area contributed by atoms with Crippen LogP contribution in [0, 0.1) is 0 Å². The van der Waals surface area contributed by atoms with Crippen molar-refractivity contribution >= 4 is 34.2 Å². The lowest BCUT2D eigenvalue weighted by molar-refractivity contribution is 0.198. The number of urea groups is 1. The van der Waals surface area contributed by atoms with Crippen LogP contribution in [-0.2, 0) is 26.6 Å². The molecule has 1 N–H and O–H groups in total. The van der Waals surface area contributed by atoms with E-state index >= 15 is 0 Å². The summed E-state index contributed by atoms with van der Waals surface area (Å²) in [4.78, 5) is 14.5. The van der Waals surface area contributed by atoms with Gasteiger partial charge in [0, 0.05) is 48.0 Å². The Labute approximate surface area is 151 Å². The molecule has 3 heterocycles. The van der Waals surface area contributed by atoms with Crippen LogP contribution in [0.25, 0.3) is 10.9 Å². The first-order chi connectivity index (χ1) is 12.1. The molecule has 0 radical (unpaired) electrons. The van der Waals surface area contributed by atoms with Crippen LogP contribution in [0.3, 0.4) is 0 Å². The van der Waals surface area contributed by atoms with Gasteiger partial charge in [-0.1, -0.05) is 24.6 Å². The molecular weight excluding hydrogens is 338 g/mol. The average molecular weight is 358 g/mol. The third kappa shape index (κ3) is 2.76. The molecule has 0 atom stereocenters. The molecule has 6 nitrogen and oxygen atoms in total. The number of hydrogen-bond acceptors (Lipinski definition) is 2. The van der Waals surface area contributed by atoms with Gasteiger partial charge in [-0.25, -0.2) is 4.79 Å². The molecule has 1 aliphatic heterocycles. The monoisotopic (exact) mass is 357 g/mol. The number of nitrogens with one attached hydrogen (secondary N) is 1. The van der Waals surface area contributed by atoms with Gasteiger partial charge >= 0.3 is 6.03 Å². The summed E-state index contributed by atoms with van der Waals surface area (Å²) in [5.41, 5.74) is 3.91. The smallest absolute Gasteiger partial charge is 0.322 e. The van der Waals surface area contributed by atoms with Gasteiger partial charge in [0.15, 0.2) is 0 Å². The highest BCUT2D eigenvalue weighted by Gasteiger charge is 2.23. The van der Waals surface area contributed by atoms with Crippen LogP contribution in [-0.4, -0.2) is 31.8 Å². The molecule has 0 bridgehead atoms. The standard InChI is InChI=1S/C18H20ClN5O/c1-3-15-16(11-22(2)21-15)20-18(25)23-7-8-24-12(10-23)9-13-14(19)5-4-6-17(13)24/h4-6,9,11H,3,7-8,10H2,1-2H3,(H,20,25). The number of carbonyl (C=O) groups is 1. The van der Waals surface area contributed by atoms with Crippen LogP contribution in [0.4, 0.5) is 10.5 Å². The minimum absolute atomic E-state index is 0.0923. The second-order valence-electron chi connectivity index (χ2n) is 6.33. The molecule has 130 valence electrons. The fourth-order valence-electron chi connectivity index (χ4n) is 3.46. The predicted octanol–water partition coefficient (Wildman–Crippen LogP) is 3.64. The Morgan fingerprint density at radius 1 is 1.36 bits per heavy atom. The Kier molecular flexibility index (Phi) is 3.92. The molecule has 3 aromatic rings. The summed E-state index contributed by atoms with van der Waals surface area (Å²) in [6, 6.07) is 7.92. The Hall–Kier alpha value is -2.47. The van der Waals surface area contributed by atoms with E-state index in [4.69, 9.17) is 11.6 Å². The normalized spacial score (nSPS) is 14.0. The maximum Gasteiger partial charge on any atom is 0.322 e. The first-order valence-corrected chi connectivity index (χ1v) is 8.79. The largest absolute Gasteiger partial charge is 0.341 e. The summed E-state index contributed by atoms with van der Waals surface area (Å²) in [5.74, 6) is 0. The lowest BCUT2D eigenvalue weighted by atomic mass is 10.2. The van der Waals surface area contributed by atoms with E-state index in [1.54, 1.807) is 4.68 Å². The lowest BCUT2D eigenvalue weighted by Gasteiger charge is -2.29. The topological polar surface area (TPSA) is 55.1 Å². The van der Waals surface area contributed by atoms with Gasteiger partial charge in [-0.05, 0) is 24.6 Å². The van der Waals surface area contributed by atoms with E-state index in [1.807, 2.05) is 37.2 Å². The molecular formula is C18H20ClN5O. The fraction of sp³-hybridized carbons (Fsp3) is 0.333. The number of carbonyl (C=O) groups excluding carboxylic acids is 1. The zero-order chi connectivity index (χ0) is 17.6. The van der Waals surface area contributed by atoms with E-state index in [0.29, 0.717) is 13.1 Å². The van der Waals surface area contributed by atoms with E-state index in [0.717, 1.165) is 46.0 Å². The van der Waals surface area contributed by atoms with Crippen molar-refractivity contribution in [2.45, 2.75) is 26.4 Å². The number of hydrogen-bond donors (Lipinski definition) is 1. The number of anilines is 1. The molecule has 0 spiro atoms.